The number of primary amides is 1. The van der Waals surface area contributed by atoms with Crippen molar-refractivity contribution in [3.05, 3.63) is 50.9 Å². The zero-order valence-electron chi connectivity index (χ0n) is 16.4. The predicted octanol–water partition coefficient (Wildman–Crippen LogP) is 4.05. The number of halogens is 1. The lowest BCUT2D eigenvalue weighted by molar-refractivity contribution is 0.0226. The van der Waals surface area contributed by atoms with Gasteiger partial charge >= 0.3 is 6.09 Å². The average molecular weight is 436 g/mol. The summed E-state index contributed by atoms with van der Waals surface area (Å²) < 4.78 is 5.43. The van der Waals surface area contributed by atoms with Gasteiger partial charge in [0.15, 0.2) is 0 Å². The summed E-state index contributed by atoms with van der Waals surface area (Å²) in [7, 11) is 0. The Labute approximate surface area is 177 Å². The van der Waals surface area contributed by atoms with E-state index in [0.29, 0.717) is 40.7 Å². The number of anilines is 1. The molecule has 1 aromatic carbocycles. The molecule has 0 fully saturated rings. The summed E-state index contributed by atoms with van der Waals surface area (Å²) in [4.78, 5) is 39.4. The second-order valence-electron chi connectivity index (χ2n) is 7.69. The summed E-state index contributed by atoms with van der Waals surface area (Å²) in [5.74, 6) is -0.980. The molecule has 0 saturated carbocycles. The van der Waals surface area contributed by atoms with Crippen molar-refractivity contribution in [1.29, 1.82) is 0 Å². The van der Waals surface area contributed by atoms with Crippen molar-refractivity contribution < 1.29 is 19.1 Å². The molecule has 1 aromatic heterocycles. The third kappa shape index (κ3) is 4.89. The Morgan fingerprint density at radius 2 is 1.86 bits per heavy atom. The Hall–Kier alpha value is -2.58. The van der Waals surface area contributed by atoms with Crippen LogP contribution in [-0.2, 0) is 17.7 Å². The van der Waals surface area contributed by atoms with Crippen LogP contribution < -0.4 is 11.1 Å². The average Bonchev–Trinajstić information content (AvgIpc) is 2.97. The zero-order valence-corrected chi connectivity index (χ0v) is 17.9. The molecule has 0 atom stereocenters. The third-order valence-electron chi connectivity index (χ3n) is 4.29. The normalized spacial score (nSPS) is 13.6. The number of ether oxygens (including phenoxy) is 1. The van der Waals surface area contributed by atoms with Crippen molar-refractivity contribution in [1.82, 2.24) is 4.90 Å². The Morgan fingerprint density at radius 1 is 1.21 bits per heavy atom. The maximum Gasteiger partial charge on any atom is 0.410 e. The molecule has 3 rings (SSSR count). The number of nitrogens with two attached hydrogens (primary N) is 1. The molecule has 0 aliphatic carbocycles. The van der Waals surface area contributed by atoms with Gasteiger partial charge in [-0.05, 0) is 57.0 Å². The van der Waals surface area contributed by atoms with E-state index < -0.39 is 17.6 Å². The second-order valence-corrected chi connectivity index (χ2v) is 9.23. The molecule has 3 amide bonds. The highest BCUT2D eigenvalue weighted by Crippen LogP contribution is 2.37. The molecule has 1 aliphatic rings. The summed E-state index contributed by atoms with van der Waals surface area (Å²) in [5, 5.41) is 3.67. The van der Waals surface area contributed by atoms with Crippen LogP contribution in [0, 0.1) is 0 Å². The van der Waals surface area contributed by atoms with Crippen LogP contribution >= 0.6 is 22.9 Å². The second kappa shape index (κ2) is 8.04. The first-order valence-corrected chi connectivity index (χ1v) is 10.2. The quantitative estimate of drug-likeness (QED) is 0.759. The van der Waals surface area contributed by atoms with E-state index in [9.17, 15) is 14.4 Å². The molecule has 0 unspecified atom stereocenters. The maximum atomic E-state index is 12.6. The first kappa shape index (κ1) is 21.1. The van der Waals surface area contributed by atoms with Gasteiger partial charge in [-0.15, -0.1) is 11.3 Å². The van der Waals surface area contributed by atoms with E-state index in [-0.39, 0.29) is 5.91 Å². The van der Waals surface area contributed by atoms with Gasteiger partial charge in [0, 0.05) is 22.0 Å². The van der Waals surface area contributed by atoms with Gasteiger partial charge in [-0.25, -0.2) is 4.79 Å². The minimum atomic E-state index is -0.611. The Morgan fingerprint density at radius 3 is 2.45 bits per heavy atom. The molecule has 3 N–H and O–H groups in total. The fourth-order valence-electron chi connectivity index (χ4n) is 3.01. The highest BCUT2D eigenvalue weighted by molar-refractivity contribution is 7.17. The molecular formula is C20H22ClN3O4S. The number of carbonyl (C=O) groups excluding carboxylic acids is 3. The number of carbonyl (C=O) groups is 3. The summed E-state index contributed by atoms with van der Waals surface area (Å²) in [6.07, 6.45) is 0.0455. The van der Waals surface area contributed by atoms with Crippen molar-refractivity contribution in [3.8, 4) is 0 Å². The molecule has 9 heteroatoms. The van der Waals surface area contributed by atoms with Gasteiger partial charge < -0.3 is 20.7 Å². The number of nitrogens with one attached hydrogen (secondary N) is 1. The molecule has 154 valence electrons. The molecule has 7 nitrogen and oxygen atoms in total. The van der Waals surface area contributed by atoms with Crippen LogP contribution in [0.4, 0.5) is 9.80 Å². The van der Waals surface area contributed by atoms with Crippen molar-refractivity contribution in [3.63, 3.8) is 0 Å². The standard InChI is InChI=1S/C20H22ClN3O4S/c1-20(2,3)28-19(27)24-9-8-13-14(10-24)29-18(15(13)16(22)25)23-17(26)11-4-6-12(21)7-5-11/h4-7H,8-10H2,1-3H3,(H2,22,25)(H,23,26). The minimum Gasteiger partial charge on any atom is -0.444 e. The van der Waals surface area contributed by atoms with Crippen LogP contribution in [0.5, 0.6) is 0 Å². The van der Waals surface area contributed by atoms with Crippen LogP contribution in [0.25, 0.3) is 0 Å². The summed E-state index contributed by atoms with van der Waals surface area (Å²) in [6, 6.07) is 6.42. The first-order chi connectivity index (χ1) is 13.5. The van der Waals surface area contributed by atoms with Crippen molar-refractivity contribution in [2.45, 2.75) is 39.3 Å². The molecule has 0 saturated heterocycles. The number of hydrogen-bond acceptors (Lipinski definition) is 5. The van der Waals surface area contributed by atoms with E-state index >= 15 is 0 Å². The Bertz CT molecular complexity index is 963. The summed E-state index contributed by atoms with van der Waals surface area (Å²) in [6.45, 7) is 6.12. The van der Waals surface area contributed by atoms with Crippen LogP contribution in [-0.4, -0.2) is 35.0 Å². The number of thiophene rings is 1. The van der Waals surface area contributed by atoms with Crippen LogP contribution in [0.2, 0.25) is 5.02 Å². The van der Waals surface area contributed by atoms with Gasteiger partial charge in [0.05, 0.1) is 12.1 Å². The van der Waals surface area contributed by atoms with E-state index in [1.165, 1.54) is 11.3 Å². The zero-order chi connectivity index (χ0) is 21.3. The molecule has 2 heterocycles. The fraction of sp³-hybridized carbons (Fsp3) is 0.350. The monoisotopic (exact) mass is 435 g/mol. The third-order valence-corrected chi connectivity index (χ3v) is 5.67. The molecule has 29 heavy (non-hydrogen) atoms. The first-order valence-electron chi connectivity index (χ1n) is 9.04. The fourth-order valence-corrected chi connectivity index (χ4v) is 4.40. The van der Waals surface area contributed by atoms with Gasteiger partial charge in [0.1, 0.15) is 10.6 Å². The van der Waals surface area contributed by atoms with Gasteiger partial charge in [0.2, 0.25) is 0 Å². The molecule has 0 bridgehead atoms. The van der Waals surface area contributed by atoms with E-state index in [1.54, 1.807) is 49.9 Å². The van der Waals surface area contributed by atoms with Gasteiger partial charge in [-0.1, -0.05) is 11.6 Å². The number of amides is 3. The number of nitrogens with zero attached hydrogens (tertiary/aromatic N) is 1. The lowest BCUT2D eigenvalue weighted by Gasteiger charge is -2.30. The van der Waals surface area contributed by atoms with Gasteiger partial charge in [0.25, 0.3) is 11.8 Å². The maximum absolute atomic E-state index is 12.6. The molecule has 0 radical (unpaired) electrons. The lowest BCUT2D eigenvalue weighted by atomic mass is 10.0. The van der Waals surface area contributed by atoms with Crippen molar-refractivity contribution >= 4 is 45.8 Å². The molecule has 1 aliphatic heterocycles. The lowest BCUT2D eigenvalue weighted by Crippen LogP contribution is -2.39. The van der Waals surface area contributed by atoms with E-state index in [0.717, 1.165) is 10.4 Å². The van der Waals surface area contributed by atoms with Gasteiger partial charge in [-0.2, -0.15) is 0 Å². The van der Waals surface area contributed by atoms with Crippen LogP contribution in [0.1, 0.15) is 51.9 Å². The largest absolute Gasteiger partial charge is 0.444 e. The smallest absolute Gasteiger partial charge is 0.410 e. The Kier molecular flexibility index (Phi) is 5.86. The highest BCUT2D eigenvalue weighted by Gasteiger charge is 2.31. The predicted molar refractivity (Wildman–Crippen MR) is 113 cm³/mol. The van der Waals surface area contributed by atoms with Crippen LogP contribution in [0.15, 0.2) is 24.3 Å². The summed E-state index contributed by atoms with van der Waals surface area (Å²) in [5.41, 5.74) is 6.48. The highest BCUT2D eigenvalue weighted by atomic mass is 35.5. The van der Waals surface area contributed by atoms with Crippen LogP contribution in [0.3, 0.4) is 0 Å². The minimum absolute atomic E-state index is 0.298. The topological polar surface area (TPSA) is 102 Å². The van der Waals surface area contributed by atoms with Crippen molar-refractivity contribution in [2.24, 2.45) is 5.73 Å². The van der Waals surface area contributed by atoms with Crippen molar-refractivity contribution in [2.75, 3.05) is 11.9 Å². The SMILES string of the molecule is CC(C)(C)OC(=O)N1CCc2c(sc(NC(=O)c3ccc(Cl)cc3)c2C(N)=O)C1. The van der Waals surface area contributed by atoms with E-state index in [2.05, 4.69) is 5.32 Å². The number of hydrogen-bond donors (Lipinski definition) is 2. The number of benzene rings is 1. The molecule has 2 aromatic rings. The molecule has 0 spiro atoms. The van der Waals surface area contributed by atoms with Gasteiger partial charge in [-0.3, -0.25) is 9.59 Å². The Balaban J connectivity index is 1.84. The number of fused-ring (bicyclic) bond motifs is 1. The summed E-state index contributed by atoms with van der Waals surface area (Å²) >= 11 is 7.11. The number of rotatable bonds is 3. The molecular weight excluding hydrogens is 414 g/mol. The van der Waals surface area contributed by atoms with E-state index in [1.807, 2.05) is 0 Å². The van der Waals surface area contributed by atoms with E-state index in [4.69, 9.17) is 22.1 Å².